The molecule has 7 nitrogen and oxygen atoms in total. The number of para-hydroxylation sites is 2. The van der Waals surface area contributed by atoms with E-state index < -0.39 is 11.9 Å². The van der Waals surface area contributed by atoms with Crippen LogP contribution in [-0.2, 0) is 14.3 Å². The van der Waals surface area contributed by atoms with E-state index in [1.54, 1.807) is 29.2 Å². The van der Waals surface area contributed by atoms with Crippen molar-refractivity contribution in [1.82, 2.24) is 0 Å². The first kappa shape index (κ1) is 22.3. The Morgan fingerprint density at radius 2 is 1.84 bits per heavy atom. The van der Waals surface area contributed by atoms with Gasteiger partial charge in [-0.1, -0.05) is 26.0 Å². The molecule has 7 heteroatoms. The van der Waals surface area contributed by atoms with E-state index in [1.807, 2.05) is 45.0 Å². The van der Waals surface area contributed by atoms with Crippen LogP contribution < -0.4 is 15.0 Å². The number of carbonyl (C=O) groups excluding carboxylic acids is 3. The highest BCUT2D eigenvalue weighted by molar-refractivity contribution is 6.04. The summed E-state index contributed by atoms with van der Waals surface area (Å²) in [6.07, 6.45) is 0.131. The SMILES string of the molecule is CCOc1ccccc1N1C[C@@H](C(=O)Nc2ccc(C(=O)OCC(C)C)cc2)CC1=O. The average Bonchev–Trinajstić information content (AvgIpc) is 3.15. The molecular formula is C24H28N2O5. The first-order valence-electron chi connectivity index (χ1n) is 10.5. The molecule has 1 fully saturated rings. The topological polar surface area (TPSA) is 84.9 Å². The molecule has 1 N–H and O–H groups in total. The molecule has 0 spiro atoms. The van der Waals surface area contributed by atoms with Gasteiger partial charge in [0.15, 0.2) is 0 Å². The number of benzene rings is 2. The van der Waals surface area contributed by atoms with E-state index >= 15 is 0 Å². The van der Waals surface area contributed by atoms with Gasteiger partial charge in [-0.2, -0.15) is 0 Å². The zero-order chi connectivity index (χ0) is 22.4. The van der Waals surface area contributed by atoms with E-state index in [2.05, 4.69) is 5.32 Å². The molecule has 1 aliphatic heterocycles. The number of rotatable bonds is 8. The minimum Gasteiger partial charge on any atom is -0.492 e. The van der Waals surface area contributed by atoms with Crippen LogP contribution in [0.4, 0.5) is 11.4 Å². The summed E-state index contributed by atoms with van der Waals surface area (Å²) >= 11 is 0. The van der Waals surface area contributed by atoms with Crippen LogP contribution in [0.1, 0.15) is 37.6 Å². The molecule has 0 unspecified atom stereocenters. The van der Waals surface area contributed by atoms with E-state index in [-0.39, 0.29) is 30.7 Å². The highest BCUT2D eigenvalue weighted by Gasteiger charge is 2.36. The molecule has 0 radical (unpaired) electrons. The van der Waals surface area contributed by atoms with Crippen molar-refractivity contribution in [2.45, 2.75) is 27.2 Å². The minimum atomic E-state index is -0.474. The molecule has 0 bridgehead atoms. The Hall–Kier alpha value is -3.35. The fourth-order valence-corrected chi connectivity index (χ4v) is 3.33. The number of hydrogen-bond donors (Lipinski definition) is 1. The van der Waals surface area contributed by atoms with E-state index in [0.717, 1.165) is 0 Å². The third kappa shape index (κ3) is 5.63. The third-order valence-electron chi connectivity index (χ3n) is 4.89. The maximum Gasteiger partial charge on any atom is 0.338 e. The van der Waals surface area contributed by atoms with E-state index in [0.29, 0.717) is 35.9 Å². The lowest BCUT2D eigenvalue weighted by Gasteiger charge is -2.20. The Balaban J connectivity index is 1.61. The first-order chi connectivity index (χ1) is 14.9. The molecule has 164 valence electrons. The van der Waals surface area contributed by atoms with Crippen LogP contribution in [0.2, 0.25) is 0 Å². The molecule has 0 aromatic heterocycles. The smallest absolute Gasteiger partial charge is 0.338 e. The van der Waals surface area contributed by atoms with Crippen molar-refractivity contribution in [1.29, 1.82) is 0 Å². The molecule has 2 aromatic rings. The second-order valence-corrected chi connectivity index (χ2v) is 7.87. The van der Waals surface area contributed by atoms with Crippen LogP contribution in [0, 0.1) is 11.8 Å². The summed E-state index contributed by atoms with van der Waals surface area (Å²) in [4.78, 5) is 38.9. The average molecular weight is 424 g/mol. The largest absolute Gasteiger partial charge is 0.492 e. The Morgan fingerprint density at radius 3 is 2.52 bits per heavy atom. The number of carbonyl (C=O) groups is 3. The zero-order valence-electron chi connectivity index (χ0n) is 18.1. The maximum atomic E-state index is 12.7. The maximum absolute atomic E-state index is 12.7. The highest BCUT2D eigenvalue weighted by atomic mass is 16.5. The Labute approximate surface area is 182 Å². The zero-order valence-corrected chi connectivity index (χ0v) is 18.1. The van der Waals surface area contributed by atoms with E-state index in [4.69, 9.17) is 9.47 Å². The molecule has 1 atom stereocenters. The molecular weight excluding hydrogens is 396 g/mol. The summed E-state index contributed by atoms with van der Waals surface area (Å²) in [5.41, 5.74) is 1.66. The standard InChI is InChI=1S/C24H28N2O5/c1-4-30-21-8-6-5-7-20(21)26-14-18(13-22(26)27)23(28)25-19-11-9-17(10-12-19)24(29)31-15-16(2)3/h5-12,16,18H,4,13-15H2,1-3H3,(H,25,28)/t18-/m0/s1. The van der Waals surface area contributed by atoms with Gasteiger partial charge in [0.1, 0.15) is 5.75 Å². The molecule has 31 heavy (non-hydrogen) atoms. The van der Waals surface area contributed by atoms with Gasteiger partial charge in [0.25, 0.3) is 0 Å². The molecule has 1 heterocycles. The van der Waals surface area contributed by atoms with Crippen molar-refractivity contribution in [3.05, 3.63) is 54.1 Å². The van der Waals surface area contributed by atoms with Crippen molar-refractivity contribution in [2.24, 2.45) is 11.8 Å². The van der Waals surface area contributed by atoms with Gasteiger partial charge in [0.05, 0.1) is 30.4 Å². The number of amides is 2. The molecule has 0 aliphatic carbocycles. The highest BCUT2D eigenvalue weighted by Crippen LogP contribution is 2.33. The number of esters is 1. The van der Waals surface area contributed by atoms with Crippen molar-refractivity contribution >= 4 is 29.2 Å². The van der Waals surface area contributed by atoms with Gasteiger partial charge in [-0.05, 0) is 49.2 Å². The molecule has 2 amide bonds. The number of hydrogen-bond acceptors (Lipinski definition) is 5. The third-order valence-corrected chi connectivity index (χ3v) is 4.89. The van der Waals surface area contributed by atoms with Gasteiger partial charge >= 0.3 is 5.97 Å². The summed E-state index contributed by atoms with van der Waals surface area (Å²) in [6.45, 7) is 6.95. The van der Waals surface area contributed by atoms with Gasteiger partial charge in [-0.25, -0.2) is 4.79 Å². The molecule has 0 saturated carbocycles. The van der Waals surface area contributed by atoms with Gasteiger partial charge in [-0.15, -0.1) is 0 Å². The lowest BCUT2D eigenvalue weighted by Crippen LogP contribution is -2.28. The van der Waals surface area contributed by atoms with Crippen molar-refractivity contribution in [2.75, 3.05) is 30.0 Å². The van der Waals surface area contributed by atoms with Gasteiger partial charge in [0, 0.05) is 18.7 Å². The molecule has 3 rings (SSSR count). The van der Waals surface area contributed by atoms with Crippen molar-refractivity contribution in [3.8, 4) is 5.75 Å². The molecule has 1 aliphatic rings. The minimum absolute atomic E-state index is 0.115. The summed E-state index contributed by atoms with van der Waals surface area (Å²) in [7, 11) is 0. The van der Waals surface area contributed by atoms with Crippen molar-refractivity contribution < 1.29 is 23.9 Å². The second-order valence-electron chi connectivity index (χ2n) is 7.87. The Bertz CT molecular complexity index is 939. The van der Waals surface area contributed by atoms with Crippen LogP contribution in [-0.4, -0.2) is 37.5 Å². The van der Waals surface area contributed by atoms with Gasteiger partial charge < -0.3 is 19.7 Å². The fraction of sp³-hybridized carbons (Fsp3) is 0.375. The van der Waals surface area contributed by atoms with E-state index in [9.17, 15) is 14.4 Å². The molecule has 1 saturated heterocycles. The number of nitrogens with one attached hydrogen (secondary N) is 1. The normalized spacial score (nSPS) is 15.8. The quantitative estimate of drug-likeness (QED) is 0.650. The van der Waals surface area contributed by atoms with Crippen LogP contribution in [0.5, 0.6) is 5.75 Å². The number of ether oxygens (including phenoxy) is 2. The lowest BCUT2D eigenvalue weighted by atomic mass is 10.1. The first-order valence-corrected chi connectivity index (χ1v) is 10.5. The van der Waals surface area contributed by atoms with E-state index in [1.165, 1.54) is 0 Å². The summed E-state index contributed by atoms with van der Waals surface area (Å²) in [5, 5.41) is 2.83. The van der Waals surface area contributed by atoms with Gasteiger partial charge in [0.2, 0.25) is 11.8 Å². The monoisotopic (exact) mass is 424 g/mol. The number of nitrogens with zero attached hydrogens (tertiary/aromatic N) is 1. The van der Waals surface area contributed by atoms with Crippen LogP contribution >= 0.6 is 0 Å². The van der Waals surface area contributed by atoms with Crippen LogP contribution in [0.25, 0.3) is 0 Å². The predicted octanol–water partition coefficient (Wildman–Crippen LogP) is 3.89. The number of anilines is 2. The molecule has 2 aromatic carbocycles. The van der Waals surface area contributed by atoms with Crippen LogP contribution in [0.3, 0.4) is 0 Å². The van der Waals surface area contributed by atoms with Crippen LogP contribution in [0.15, 0.2) is 48.5 Å². The predicted molar refractivity (Wildman–Crippen MR) is 118 cm³/mol. The second kappa shape index (κ2) is 10.1. The summed E-state index contributed by atoms with van der Waals surface area (Å²) < 4.78 is 10.8. The van der Waals surface area contributed by atoms with Gasteiger partial charge in [-0.3, -0.25) is 9.59 Å². The summed E-state index contributed by atoms with van der Waals surface area (Å²) in [5.74, 6) is -0.332. The summed E-state index contributed by atoms with van der Waals surface area (Å²) in [6, 6.07) is 13.9. The Kier molecular flexibility index (Phi) is 7.28. The lowest BCUT2D eigenvalue weighted by molar-refractivity contribution is -0.122. The Morgan fingerprint density at radius 1 is 1.13 bits per heavy atom. The van der Waals surface area contributed by atoms with Crippen molar-refractivity contribution in [3.63, 3.8) is 0 Å². The fourth-order valence-electron chi connectivity index (χ4n) is 3.33.